The maximum Gasteiger partial charge on any atom is 0.264 e. The van der Waals surface area contributed by atoms with Crippen molar-refractivity contribution in [2.45, 2.75) is 76.9 Å². The van der Waals surface area contributed by atoms with Gasteiger partial charge in [-0.05, 0) is 73.6 Å². The van der Waals surface area contributed by atoms with Gasteiger partial charge < -0.3 is 29.2 Å². The molecule has 16 nitrogen and oxygen atoms in total. The number of imide groups is 2. The second-order valence-corrected chi connectivity index (χ2v) is 17.9. The Hall–Kier alpha value is -6.69. The van der Waals surface area contributed by atoms with Crippen LogP contribution >= 0.6 is 0 Å². The van der Waals surface area contributed by atoms with E-state index in [1.165, 1.54) is 0 Å². The molecule has 1 unspecified atom stereocenters. The molecule has 9 heterocycles. The van der Waals surface area contributed by atoms with Gasteiger partial charge in [-0.1, -0.05) is 6.07 Å². The number of anilines is 4. The summed E-state index contributed by atoms with van der Waals surface area (Å²) >= 11 is 0. The van der Waals surface area contributed by atoms with E-state index in [9.17, 15) is 24.0 Å². The van der Waals surface area contributed by atoms with Crippen molar-refractivity contribution in [1.29, 1.82) is 0 Å². The van der Waals surface area contributed by atoms with Gasteiger partial charge in [0.15, 0.2) is 5.82 Å². The zero-order valence-corrected chi connectivity index (χ0v) is 35.9. The largest absolute Gasteiger partial charge is 0.384 e. The third-order valence-corrected chi connectivity index (χ3v) is 14.1. The fourth-order valence-corrected chi connectivity index (χ4v) is 10.7. The second-order valence-electron chi connectivity index (χ2n) is 17.9. The van der Waals surface area contributed by atoms with Gasteiger partial charge in [-0.15, -0.1) is 0 Å². The van der Waals surface area contributed by atoms with Gasteiger partial charge in [0.2, 0.25) is 17.7 Å². The molecule has 0 saturated carbocycles. The number of piperidine rings is 1. The highest BCUT2D eigenvalue weighted by atomic mass is 19.3. The van der Waals surface area contributed by atoms with Crippen LogP contribution in [0.1, 0.15) is 94.6 Å². The molecule has 3 saturated heterocycles. The lowest BCUT2D eigenvalue weighted by Crippen LogP contribution is -2.54. The molecule has 3 fully saturated rings. The number of aryl methyl sites for hydroxylation is 1. The van der Waals surface area contributed by atoms with Crippen LogP contribution in [0.15, 0.2) is 55.0 Å². The summed E-state index contributed by atoms with van der Waals surface area (Å²) in [6.07, 6.45) is 6.61. The van der Waals surface area contributed by atoms with Gasteiger partial charge in [-0.2, -0.15) is 5.10 Å². The number of carbonyl (C=O) groups excluding carboxylic acids is 5. The summed E-state index contributed by atoms with van der Waals surface area (Å²) in [5.41, 5.74) is 7.05. The molecule has 18 heteroatoms. The topological polar surface area (TPSA) is 167 Å². The molecule has 2 aromatic carbocycles. The number of nitrogens with zero attached hydrogens (tertiary/aromatic N) is 8. The lowest BCUT2D eigenvalue weighted by Gasteiger charge is -2.42. The van der Waals surface area contributed by atoms with Gasteiger partial charge in [-0.25, -0.2) is 13.8 Å². The number of aromatic nitrogens is 4. The van der Waals surface area contributed by atoms with Gasteiger partial charge in [0.1, 0.15) is 11.7 Å². The fourth-order valence-electron chi connectivity index (χ4n) is 10.7. The molecule has 5 amide bonds. The quantitative estimate of drug-likeness (QED) is 0.182. The summed E-state index contributed by atoms with van der Waals surface area (Å²) in [6, 6.07) is 9.54. The zero-order chi connectivity index (χ0) is 44.7. The van der Waals surface area contributed by atoms with Crippen molar-refractivity contribution in [3.8, 4) is 11.1 Å². The summed E-state index contributed by atoms with van der Waals surface area (Å²) in [7, 11) is 0. The summed E-state index contributed by atoms with van der Waals surface area (Å²) in [5.74, 6) is -1.42. The Labute approximate surface area is 372 Å². The average Bonchev–Trinajstić information content (AvgIpc) is 3.99. The number of ether oxygens (including phenoxy) is 1. The Balaban J connectivity index is 0.877. The van der Waals surface area contributed by atoms with E-state index in [1.807, 2.05) is 33.8 Å². The van der Waals surface area contributed by atoms with Gasteiger partial charge in [-0.3, -0.25) is 38.9 Å². The van der Waals surface area contributed by atoms with Gasteiger partial charge in [0, 0.05) is 124 Å². The van der Waals surface area contributed by atoms with Crippen LogP contribution in [0.3, 0.4) is 0 Å². The number of pyridine rings is 1. The summed E-state index contributed by atoms with van der Waals surface area (Å²) < 4.78 is 40.8. The van der Waals surface area contributed by atoms with Crippen molar-refractivity contribution in [3.63, 3.8) is 0 Å². The normalized spacial score (nSPS) is 20.3. The lowest BCUT2D eigenvalue weighted by atomic mass is 9.90. The van der Waals surface area contributed by atoms with E-state index in [1.54, 1.807) is 37.4 Å². The van der Waals surface area contributed by atoms with Crippen LogP contribution in [-0.4, -0.2) is 110 Å². The highest BCUT2D eigenvalue weighted by Gasteiger charge is 2.46. The fraction of sp³-hybridized carbons (Fsp3) is 0.426. The van der Waals surface area contributed by atoms with E-state index in [-0.39, 0.29) is 47.4 Å². The SMILES string of the molecule is CC(=O)N1CCc2c(c(N3CCCc4cc(-c5cc6nccn6cc5N5CC(CNc6cccc7c6C(=O)N(C6CCC(=O)NC6=O)C7=O)C5)c(C(F)F)cc43)nn2C2CCOCC2)C1. The second kappa shape index (κ2) is 16.1. The molecule has 3 aromatic heterocycles. The van der Waals surface area contributed by atoms with E-state index in [0.29, 0.717) is 93.5 Å². The van der Waals surface area contributed by atoms with Crippen molar-refractivity contribution in [3.05, 3.63) is 88.5 Å². The van der Waals surface area contributed by atoms with E-state index in [4.69, 9.17) is 9.84 Å². The molecule has 5 aromatic rings. The summed E-state index contributed by atoms with van der Waals surface area (Å²) in [5, 5.41) is 10.9. The number of imidazole rings is 1. The number of halogens is 2. The molecule has 0 aliphatic carbocycles. The summed E-state index contributed by atoms with van der Waals surface area (Å²) in [4.78, 5) is 75.7. The predicted octanol–water partition coefficient (Wildman–Crippen LogP) is 5.43. The van der Waals surface area contributed by atoms with Gasteiger partial charge in [0.25, 0.3) is 18.2 Å². The van der Waals surface area contributed by atoms with Crippen molar-refractivity contribution in [1.82, 2.24) is 34.3 Å². The third kappa shape index (κ3) is 7.00. The molecular formula is C47H48F2N10O6. The average molecular weight is 887 g/mol. The first-order chi connectivity index (χ1) is 31.5. The highest BCUT2D eigenvalue weighted by Crippen LogP contribution is 2.46. The number of amides is 5. The van der Waals surface area contributed by atoms with Crippen LogP contribution in [-0.2, 0) is 38.5 Å². The van der Waals surface area contributed by atoms with Crippen molar-refractivity contribution < 1.29 is 37.5 Å². The third-order valence-electron chi connectivity index (χ3n) is 14.1. The standard InChI is InChI=1S/C47H48F2N10O6/c1-26(60)54-14-9-36-34(24-54)44(53-59(36)29-10-16-65-17-11-29)57-13-3-4-28-18-31(33(43(48)49)19-38(28)57)32-20-40-50-12-15-55(40)25-39(32)56-22-27(23-56)21-51-35-6-2-5-30-42(35)47(64)58(46(30)63)37-7-8-41(61)52-45(37)62/h2,5-6,12,15,18-20,25,27,29,37,43,51H,3-4,7-11,13-14,16-17,21-24H2,1H3,(H,52,61,62). The van der Waals surface area contributed by atoms with Crippen LogP contribution in [0.5, 0.6) is 0 Å². The van der Waals surface area contributed by atoms with Crippen molar-refractivity contribution in [2.24, 2.45) is 5.92 Å². The first-order valence-corrected chi connectivity index (χ1v) is 22.5. The molecule has 0 bridgehead atoms. The molecule has 0 spiro atoms. The number of carbonyl (C=O) groups is 5. The number of nitrogens with one attached hydrogen (secondary N) is 2. The van der Waals surface area contributed by atoms with Crippen molar-refractivity contribution >= 4 is 58.1 Å². The number of rotatable bonds is 9. The van der Waals surface area contributed by atoms with E-state index in [2.05, 4.69) is 30.1 Å². The molecule has 65 heavy (non-hydrogen) atoms. The predicted molar refractivity (Wildman–Crippen MR) is 234 cm³/mol. The number of fused-ring (bicyclic) bond motifs is 4. The number of alkyl halides is 2. The molecule has 336 valence electrons. The van der Waals surface area contributed by atoms with Gasteiger partial charge >= 0.3 is 0 Å². The molecule has 0 radical (unpaired) electrons. The number of benzene rings is 2. The van der Waals surface area contributed by atoms with Crippen molar-refractivity contribution in [2.75, 3.05) is 61.1 Å². The Morgan fingerprint density at radius 2 is 1.78 bits per heavy atom. The van der Waals surface area contributed by atoms with E-state index in [0.717, 1.165) is 52.5 Å². The van der Waals surface area contributed by atoms with Crippen LogP contribution in [0.25, 0.3) is 16.8 Å². The monoisotopic (exact) mass is 886 g/mol. The molecule has 1 atom stereocenters. The summed E-state index contributed by atoms with van der Waals surface area (Å²) in [6.45, 7) is 6.15. The highest BCUT2D eigenvalue weighted by molar-refractivity contribution is 6.25. The first kappa shape index (κ1) is 41.0. The lowest BCUT2D eigenvalue weighted by molar-refractivity contribution is -0.136. The minimum atomic E-state index is -2.79. The Morgan fingerprint density at radius 3 is 2.57 bits per heavy atom. The minimum absolute atomic E-state index is 0.00671. The zero-order valence-electron chi connectivity index (χ0n) is 35.9. The Bertz CT molecular complexity index is 2810. The molecule has 11 rings (SSSR count). The van der Waals surface area contributed by atoms with E-state index < -0.39 is 36.1 Å². The Morgan fingerprint density at radius 1 is 0.954 bits per heavy atom. The first-order valence-electron chi connectivity index (χ1n) is 22.5. The van der Waals surface area contributed by atoms with E-state index >= 15 is 8.78 Å². The molecule has 2 N–H and O–H groups in total. The van der Waals surface area contributed by atoms with Crippen LogP contribution in [0, 0.1) is 5.92 Å². The molecule has 6 aliphatic rings. The van der Waals surface area contributed by atoms with Crippen LogP contribution in [0.2, 0.25) is 0 Å². The molecule has 6 aliphatic heterocycles. The maximum atomic E-state index is 15.6. The Kier molecular flexibility index (Phi) is 10.2. The maximum absolute atomic E-state index is 15.6. The van der Waals surface area contributed by atoms with Crippen LogP contribution < -0.4 is 20.4 Å². The number of hydrogen-bond donors (Lipinski definition) is 2. The molecular weight excluding hydrogens is 839 g/mol. The number of hydrogen-bond acceptors (Lipinski definition) is 11. The van der Waals surface area contributed by atoms with Gasteiger partial charge in [0.05, 0.1) is 29.4 Å². The smallest absolute Gasteiger partial charge is 0.264 e. The van der Waals surface area contributed by atoms with Crippen LogP contribution in [0.4, 0.5) is 31.7 Å². The minimum Gasteiger partial charge on any atom is -0.384 e.